The third-order valence-electron chi connectivity index (χ3n) is 5.33. The summed E-state index contributed by atoms with van der Waals surface area (Å²) in [5.74, 6) is 1.41. The standard InChI is InChI=1S/C19H29N3O2/c1-24-18-8-3-2-5-16(18)14-21-9-11-22(12-10-21)19(23)15-6-4-7-17(20)13-15/h2-3,5,8,15,17H,4,6-7,9-14,20H2,1H3/t15-,17-/m1/s1. The van der Waals surface area contributed by atoms with E-state index in [1.165, 1.54) is 5.56 Å². The fraction of sp³-hybridized carbons (Fsp3) is 0.632. The Morgan fingerprint density at radius 2 is 1.96 bits per heavy atom. The van der Waals surface area contributed by atoms with E-state index in [9.17, 15) is 4.79 Å². The lowest BCUT2D eigenvalue weighted by molar-refractivity contribution is -0.138. The molecule has 5 heteroatoms. The molecule has 24 heavy (non-hydrogen) atoms. The highest BCUT2D eigenvalue weighted by Gasteiger charge is 2.30. The lowest BCUT2D eigenvalue weighted by atomic mass is 9.85. The average Bonchev–Trinajstić information content (AvgIpc) is 2.62. The van der Waals surface area contributed by atoms with Gasteiger partial charge in [0.05, 0.1) is 7.11 Å². The first kappa shape index (κ1) is 17.2. The molecular formula is C19H29N3O2. The minimum absolute atomic E-state index is 0.148. The largest absolute Gasteiger partial charge is 0.496 e. The Hall–Kier alpha value is -1.59. The van der Waals surface area contributed by atoms with Crippen LogP contribution in [0.15, 0.2) is 24.3 Å². The minimum Gasteiger partial charge on any atom is -0.496 e. The van der Waals surface area contributed by atoms with E-state index in [4.69, 9.17) is 10.5 Å². The smallest absolute Gasteiger partial charge is 0.225 e. The van der Waals surface area contributed by atoms with Crippen molar-refractivity contribution in [3.8, 4) is 5.75 Å². The van der Waals surface area contributed by atoms with E-state index in [0.29, 0.717) is 5.91 Å². The van der Waals surface area contributed by atoms with Gasteiger partial charge in [-0.05, 0) is 25.3 Å². The summed E-state index contributed by atoms with van der Waals surface area (Å²) in [6.07, 6.45) is 4.02. The molecule has 2 atom stereocenters. The summed E-state index contributed by atoms with van der Waals surface area (Å²) in [6, 6.07) is 8.36. The van der Waals surface area contributed by atoms with E-state index < -0.39 is 0 Å². The van der Waals surface area contributed by atoms with Crippen LogP contribution >= 0.6 is 0 Å². The first-order valence-corrected chi connectivity index (χ1v) is 9.06. The number of ether oxygens (including phenoxy) is 1. The molecule has 1 aromatic rings. The first-order chi connectivity index (χ1) is 11.7. The highest BCUT2D eigenvalue weighted by molar-refractivity contribution is 5.79. The molecule has 5 nitrogen and oxygen atoms in total. The number of amides is 1. The van der Waals surface area contributed by atoms with Gasteiger partial charge in [-0.3, -0.25) is 9.69 Å². The van der Waals surface area contributed by atoms with Crippen LogP contribution in [0.2, 0.25) is 0 Å². The molecule has 0 bridgehead atoms. The molecule has 0 radical (unpaired) electrons. The van der Waals surface area contributed by atoms with E-state index in [1.807, 2.05) is 23.1 Å². The Balaban J connectivity index is 1.51. The van der Waals surface area contributed by atoms with Gasteiger partial charge in [-0.1, -0.05) is 24.6 Å². The van der Waals surface area contributed by atoms with Crippen molar-refractivity contribution in [2.24, 2.45) is 11.7 Å². The quantitative estimate of drug-likeness (QED) is 0.915. The van der Waals surface area contributed by atoms with Crippen LogP contribution in [0.5, 0.6) is 5.75 Å². The average molecular weight is 331 g/mol. The molecule has 132 valence electrons. The number of benzene rings is 1. The molecule has 1 heterocycles. The SMILES string of the molecule is COc1ccccc1CN1CCN(C(=O)[C@@H]2CCC[C@@H](N)C2)CC1. The maximum atomic E-state index is 12.7. The Morgan fingerprint density at radius 3 is 2.67 bits per heavy atom. The maximum absolute atomic E-state index is 12.7. The van der Waals surface area contributed by atoms with Gasteiger partial charge < -0.3 is 15.4 Å². The van der Waals surface area contributed by atoms with Crippen molar-refractivity contribution in [2.45, 2.75) is 38.3 Å². The van der Waals surface area contributed by atoms with Crippen LogP contribution in [0.1, 0.15) is 31.2 Å². The molecule has 0 unspecified atom stereocenters. The molecule has 1 aromatic carbocycles. The first-order valence-electron chi connectivity index (χ1n) is 9.06. The minimum atomic E-state index is 0.148. The summed E-state index contributed by atoms with van der Waals surface area (Å²) >= 11 is 0. The Labute approximate surface area is 144 Å². The summed E-state index contributed by atoms with van der Waals surface area (Å²) in [7, 11) is 1.71. The van der Waals surface area contributed by atoms with Crippen molar-refractivity contribution in [1.82, 2.24) is 9.80 Å². The third-order valence-corrected chi connectivity index (χ3v) is 5.33. The number of carbonyl (C=O) groups is 1. The third kappa shape index (κ3) is 4.08. The molecule has 1 saturated heterocycles. The predicted molar refractivity (Wildman–Crippen MR) is 94.8 cm³/mol. The van der Waals surface area contributed by atoms with Crippen molar-refractivity contribution >= 4 is 5.91 Å². The number of piperazine rings is 1. The zero-order chi connectivity index (χ0) is 16.9. The lowest BCUT2D eigenvalue weighted by Gasteiger charge is -2.38. The van der Waals surface area contributed by atoms with E-state index in [2.05, 4.69) is 11.0 Å². The Morgan fingerprint density at radius 1 is 1.21 bits per heavy atom. The number of nitrogens with zero attached hydrogens (tertiary/aromatic N) is 2. The fourth-order valence-electron chi connectivity index (χ4n) is 3.91. The summed E-state index contributed by atoms with van der Waals surface area (Å²) in [5.41, 5.74) is 7.24. The van der Waals surface area contributed by atoms with Crippen LogP contribution in [-0.2, 0) is 11.3 Å². The molecule has 2 N–H and O–H groups in total. The van der Waals surface area contributed by atoms with Crippen LogP contribution in [0.25, 0.3) is 0 Å². The number of rotatable bonds is 4. The number of para-hydroxylation sites is 1. The number of hydrogen-bond donors (Lipinski definition) is 1. The highest BCUT2D eigenvalue weighted by atomic mass is 16.5. The molecule has 0 aromatic heterocycles. The van der Waals surface area contributed by atoms with Crippen molar-refractivity contribution in [2.75, 3.05) is 33.3 Å². The molecule has 1 amide bonds. The van der Waals surface area contributed by atoms with Crippen molar-refractivity contribution in [1.29, 1.82) is 0 Å². The summed E-state index contributed by atoms with van der Waals surface area (Å²) in [6.45, 7) is 4.35. The predicted octanol–water partition coefficient (Wildman–Crippen LogP) is 1.86. The van der Waals surface area contributed by atoms with Gasteiger partial charge in [0.1, 0.15) is 5.75 Å². The van der Waals surface area contributed by atoms with Crippen LogP contribution in [0.3, 0.4) is 0 Å². The summed E-state index contributed by atoms with van der Waals surface area (Å²) < 4.78 is 5.43. The second kappa shape index (κ2) is 7.99. The second-order valence-corrected chi connectivity index (χ2v) is 7.04. The highest BCUT2D eigenvalue weighted by Crippen LogP contribution is 2.26. The van der Waals surface area contributed by atoms with Crippen molar-refractivity contribution < 1.29 is 9.53 Å². The van der Waals surface area contributed by atoms with E-state index in [1.54, 1.807) is 7.11 Å². The Bertz CT molecular complexity index is 555. The van der Waals surface area contributed by atoms with Gasteiger partial charge in [-0.2, -0.15) is 0 Å². The van der Waals surface area contributed by atoms with Gasteiger partial charge in [-0.15, -0.1) is 0 Å². The van der Waals surface area contributed by atoms with Gasteiger partial charge in [0.25, 0.3) is 0 Å². The number of nitrogens with two attached hydrogens (primary N) is 1. The van der Waals surface area contributed by atoms with Crippen LogP contribution in [0.4, 0.5) is 0 Å². The monoisotopic (exact) mass is 331 g/mol. The Kier molecular flexibility index (Phi) is 5.74. The molecule has 0 spiro atoms. The number of methoxy groups -OCH3 is 1. The lowest BCUT2D eigenvalue weighted by Crippen LogP contribution is -2.51. The van der Waals surface area contributed by atoms with Gasteiger partial charge in [-0.25, -0.2) is 0 Å². The molecule has 1 aliphatic carbocycles. The number of carbonyl (C=O) groups excluding carboxylic acids is 1. The molecule has 1 aliphatic heterocycles. The molecule has 2 fully saturated rings. The summed E-state index contributed by atoms with van der Waals surface area (Å²) in [4.78, 5) is 17.1. The van der Waals surface area contributed by atoms with Gasteiger partial charge in [0, 0.05) is 50.2 Å². The molecule has 1 saturated carbocycles. The molecular weight excluding hydrogens is 302 g/mol. The normalized spacial score (nSPS) is 25.5. The zero-order valence-corrected chi connectivity index (χ0v) is 14.6. The van der Waals surface area contributed by atoms with Crippen LogP contribution in [-0.4, -0.2) is 55.0 Å². The van der Waals surface area contributed by atoms with Crippen LogP contribution < -0.4 is 10.5 Å². The molecule has 2 aliphatic rings. The zero-order valence-electron chi connectivity index (χ0n) is 14.6. The van der Waals surface area contributed by atoms with E-state index in [-0.39, 0.29) is 12.0 Å². The summed E-state index contributed by atoms with van der Waals surface area (Å²) in [5, 5.41) is 0. The van der Waals surface area contributed by atoms with Gasteiger partial charge >= 0.3 is 0 Å². The fourth-order valence-corrected chi connectivity index (χ4v) is 3.91. The maximum Gasteiger partial charge on any atom is 0.225 e. The second-order valence-electron chi connectivity index (χ2n) is 7.04. The molecule has 3 rings (SSSR count). The van der Waals surface area contributed by atoms with Gasteiger partial charge in [0.15, 0.2) is 0 Å². The van der Waals surface area contributed by atoms with Crippen LogP contribution in [0, 0.1) is 5.92 Å². The van der Waals surface area contributed by atoms with Crippen molar-refractivity contribution in [3.63, 3.8) is 0 Å². The van der Waals surface area contributed by atoms with Crippen molar-refractivity contribution in [3.05, 3.63) is 29.8 Å². The number of hydrogen-bond acceptors (Lipinski definition) is 4. The topological polar surface area (TPSA) is 58.8 Å². The van der Waals surface area contributed by atoms with Gasteiger partial charge in [0.2, 0.25) is 5.91 Å². The van der Waals surface area contributed by atoms with E-state index >= 15 is 0 Å². The van der Waals surface area contributed by atoms with E-state index in [0.717, 1.165) is 64.2 Å².